The standard InChI is InChI=1S/C27H18FN3O2S/c28-18-12-10-17(11-13-18)14-24-26(33)31(19-6-2-1-3-7-19)27(34-24)21(15-29)25(32)22-16-30-23-9-5-4-8-20(22)23/h1-13,16,24,30H,14H2/b27-21-/t24-/m0/s1. The quantitative estimate of drug-likeness (QED) is 0.235. The molecule has 1 N–H and O–H groups in total. The van der Waals surface area contributed by atoms with E-state index >= 15 is 0 Å². The molecule has 0 aliphatic carbocycles. The average molecular weight is 468 g/mol. The van der Waals surface area contributed by atoms with Crippen molar-refractivity contribution in [3.63, 3.8) is 0 Å². The number of fused-ring (bicyclic) bond motifs is 1. The van der Waals surface area contributed by atoms with E-state index in [1.54, 1.807) is 42.6 Å². The first-order valence-corrected chi connectivity index (χ1v) is 11.5. The number of hydrogen-bond acceptors (Lipinski definition) is 4. The molecule has 1 aromatic heterocycles. The van der Waals surface area contributed by atoms with Gasteiger partial charge >= 0.3 is 0 Å². The van der Waals surface area contributed by atoms with Gasteiger partial charge < -0.3 is 4.98 Å². The Morgan fingerprint density at radius 3 is 2.47 bits per heavy atom. The second-order valence-corrected chi connectivity index (χ2v) is 9.01. The summed E-state index contributed by atoms with van der Waals surface area (Å²) in [4.78, 5) is 31.5. The molecule has 166 valence electrons. The maximum atomic E-state index is 13.5. The molecule has 1 saturated heterocycles. The predicted octanol–water partition coefficient (Wildman–Crippen LogP) is 5.62. The summed E-state index contributed by atoms with van der Waals surface area (Å²) in [5.41, 5.74) is 2.45. The Bertz CT molecular complexity index is 1470. The van der Waals surface area contributed by atoms with E-state index < -0.39 is 11.0 Å². The van der Waals surface area contributed by atoms with Crippen LogP contribution in [0.5, 0.6) is 0 Å². The number of benzene rings is 3. The molecule has 1 atom stereocenters. The molecule has 3 aromatic carbocycles. The molecule has 5 rings (SSSR count). The van der Waals surface area contributed by atoms with Gasteiger partial charge in [0.25, 0.3) is 0 Å². The second-order valence-electron chi connectivity index (χ2n) is 7.82. The Morgan fingerprint density at radius 2 is 1.74 bits per heavy atom. The zero-order valence-corrected chi connectivity index (χ0v) is 18.7. The van der Waals surface area contributed by atoms with Crippen LogP contribution in [0.1, 0.15) is 15.9 Å². The van der Waals surface area contributed by atoms with Gasteiger partial charge in [0.2, 0.25) is 11.7 Å². The lowest BCUT2D eigenvalue weighted by atomic mass is 10.0. The summed E-state index contributed by atoms with van der Waals surface area (Å²) in [5.74, 6) is -1.02. The van der Waals surface area contributed by atoms with Gasteiger partial charge in [-0.1, -0.05) is 60.3 Å². The van der Waals surface area contributed by atoms with Crippen LogP contribution in [0.15, 0.2) is 95.7 Å². The summed E-state index contributed by atoms with van der Waals surface area (Å²) in [6, 6.07) is 24.4. The maximum Gasteiger partial charge on any atom is 0.245 e. The molecule has 0 bridgehead atoms. The van der Waals surface area contributed by atoms with Crippen LogP contribution in [0.25, 0.3) is 10.9 Å². The number of hydrogen-bond donors (Lipinski definition) is 1. The number of aromatic amines is 1. The van der Waals surface area contributed by atoms with Crippen LogP contribution in [0.2, 0.25) is 0 Å². The van der Waals surface area contributed by atoms with Gasteiger partial charge in [-0.25, -0.2) is 4.39 Å². The number of anilines is 1. The van der Waals surface area contributed by atoms with Gasteiger partial charge in [0.05, 0.1) is 5.25 Å². The van der Waals surface area contributed by atoms with Crippen molar-refractivity contribution in [2.75, 3.05) is 4.90 Å². The van der Waals surface area contributed by atoms with Gasteiger partial charge in [-0.15, -0.1) is 0 Å². The van der Waals surface area contributed by atoms with E-state index in [1.165, 1.54) is 28.8 Å². The summed E-state index contributed by atoms with van der Waals surface area (Å²) in [6.07, 6.45) is 1.94. The molecule has 1 fully saturated rings. The fraction of sp³-hybridized carbons (Fsp3) is 0.0741. The van der Waals surface area contributed by atoms with Crippen LogP contribution in [0.4, 0.5) is 10.1 Å². The van der Waals surface area contributed by atoms with E-state index in [9.17, 15) is 19.2 Å². The van der Waals surface area contributed by atoms with Crippen LogP contribution >= 0.6 is 11.8 Å². The van der Waals surface area contributed by atoms with Crippen molar-refractivity contribution >= 4 is 40.0 Å². The highest BCUT2D eigenvalue weighted by atomic mass is 32.2. The maximum absolute atomic E-state index is 13.5. The number of allylic oxidation sites excluding steroid dienone is 1. The van der Waals surface area contributed by atoms with Crippen molar-refractivity contribution in [2.45, 2.75) is 11.7 Å². The summed E-state index contributed by atoms with van der Waals surface area (Å²) < 4.78 is 13.3. The number of aromatic nitrogens is 1. The van der Waals surface area contributed by atoms with E-state index in [2.05, 4.69) is 11.1 Å². The summed E-state index contributed by atoms with van der Waals surface area (Å²) in [6.45, 7) is 0. The number of amides is 1. The highest BCUT2D eigenvalue weighted by Crippen LogP contribution is 2.42. The van der Waals surface area contributed by atoms with E-state index in [-0.39, 0.29) is 17.3 Å². The lowest BCUT2D eigenvalue weighted by molar-refractivity contribution is -0.117. The Morgan fingerprint density at radius 1 is 1.03 bits per heavy atom. The monoisotopic (exact) mass is 467 g/mol. The average Bonchev–Trinajstić information content (AvgIpc) is 3.43. The molecule has 5 nitrogen and oxygen atoms in total. The molecule has 0 spiro atoms. The number of rotatable bonds is 5. The zero-order chi connectivity index (χ0) is 23.7. The van der Waals surface area contributed by atoms with Gasteiger partial charge in [0.15, 0.2) is 0 Å². The largest absolute Gasteiger partial charge is 0.360 e. The third kappa shape index (κ3) is 3.89. The highest BCUT2D eigenvalue weighted by molar-refractivity contribution is 8.05. The van der Waals surface area contributed by atoms with E-state index in [0.717, 1.165) is 11.1 Å². The number of nitriles is 1. The minimum atomic E-state index is -0.556. The number of H-pyrrole nitrogens is 1. The molecule has 7 heteroatoms. The number of carbonyl (C=O) groups excluding carboxylic acids is 2. The fourth-order valence-electron chi connectivity index (χ4n) is 4.03. The molecular formula is C27H18FN3O2S. The van der Waals surface area contributed by atoms with E-state index in [1.807, 2.05) is 30.3 Å². The summed E-state index contributed by atoms with van der Waals surface area (Å²) in [5, 5.41) is 10.5. The third-order valence-electron chi connectivity index (χ3n) is 5.69. The van der Waals surface area contributed by atoms with Gasteiger partial charge in [-0.2, -0.15) is 5.26 Å². The smallest absolute Gasteiger partial charge is 0.245 e. The number of carbonyl (C=O) groups is 2. The number of nitrogens with one attached hydrogen (secondary N) is 1. The van der Waals surface area contributed by atoms with Crippen LogP contribution < -0.4 is 4.90 Å². The highest BCUT2D eigenvalue weighted by Gasteiger charge is 2.41. The zero-order valence-electron chi connectivity index (χ0n) is 17.9. The summed E-state index contributed by atoms with van der Waals surface area (Å²) >= 11 is 1.19. The number of thioether (sulfide) groups is 1. The SMILES string of the molecule is N#C/C(C(=O)c1c[nH]c2ccccc12)=C1/S[C@@H](Cc2ccc(F)cc2)C(=O)N1c1ccccc1. The van der Waals surface area contributed by atoms with E-state index in [0.29, 0.717) is 28.1 Å². The van der Waals surface area contributed by atoms with Crippen LogP contribution in [0.3, 0.4) is 0 Å². The molecule has 0 saturated carbocycles. The van der Waals surface area contributed by atoms with Crippen molar-refractivity contribution in [1.82, 2.24) is 4.98 Å². The van der Waals surface area contributed by atoms with Crippen molar-refractivity contribution in [3.8, 4) is 6.07 Å². The number of Topliss-reactive ketones (excluding diaryl/α,β-unsaturated/α-hetero) is 1. The molecular weight excluding hydrogens is 449 g/mol. The van der Waals surface area contributed by atoms with E-state index in [4.69, 9.17) is 0 Å². The number of ketones is 1. The first-order chi connectivity index (χ1) is 16.6. The fourth-order valence-corrected chi connectivity index (χ4v) is 5.34. The third-order valence-corrected chi connectivity index (χ3v) is 6.95. The number of halogens is 1. The lowest BCUT2D eigenvalue weighted by Gasteiger charge is -2.18. The van der Waals surface area contributed by atoms with Crippen molar-refractivity contribution in [1.29, 1.82) is 5.26 Å². The van der Waals surface area contributed by atoms with Crippen molar-refractivity contribution < 1.29 is 14.0 Å². The Labute approximate surface area is 199 Å². The lowest BCUT2D eigenvalue weighted by Crippen LogP contribution is -2.30. The van der Waals surface area contributed by atoms with Gasteiger partial charge in [0.1, 0.15) is 22.5 Å². The molecule has 2 heterocycles. The molecule has 0 radical (unpaired) electrons. The van der Waals surface area contributed by atoms with Crippen molar-refractivity contribution in [2.24, 2.45) is 0 Å². The van der Waals surface area contributed by atoms with Crippen LogP contribution in [0, 0.1) is 17.1 Å². The number of para-hydroxylation sites is 2. The molecule has 4 aromatic rings. The van der Waals surface area contributed by atoms with Crippen LogP contribution in [-0.4, -0.2) is 21.9 Å². The Kier molecular flexibility index (Phi) is 5.74. The molecule has 1 amide bonds. The van der Waals surface area contributed by atoms with Gasteiger partial charge in [-0.3, -0.25) is 14.5 Å². The van der Waals surface area contributed by atoms with Gasteiger partial charge in [-0.05, 0) is 42.3 Å². The summed E-state index contributed by atoms with van der Waals surface area (Å²) in [7, 11) is 0. The molecule has 0 unspecified atom stereocenters. The first-order valence-electron chi connectivity index (χ1n) is 10.6. The first kappa shape index (κ1) is 21.7. The normalized spacial score (nSPS) is 17.1. The predicted molar refractivity (Wildman–Crippen MR) is 131 cm³/mol. The topological polar surface area (TPSA) is 77.0 Å². The van der Waals surface area contributed by atoms with Gasteiger partial charge in [0, 0.05) is 28.4 Å². The van der Waals surface area contributed by atoms with Crippen LogP contribution in [-0.2, 0) is 11.2 Å². The Hall–Kier alpha value is -4.15. The Balaban J connectivity index is 1.59. The molecule has 1 aliphatic heterocycles. The minimum absolute atomic E-state index is 0.0893. The minimum Gasteiger partial charge on any atom is -0.360 e. The van der Waals surface area contributed by atoms with Crippen molar-refractivity contribution in [3.05, 3.63) is 113 Å². The molecule has 34 heavy (non-hydrogen) atoms. The second kappa shape index (κ2) is 9.00. The molecule has 1 aliphatic rings. The number of nitrogens with zero attached hydrogens (tertiary/aromatic N) is 2.